The van der Waals surface area contributed by atoms with E-state index in [1.807, 2.05) is 25.7 Å². The van der Waals surface area contributed by atoms with Crippen LogP contribution in [0.25, 0.3) is 0 Å². The van der Waals surface area contributed by atoms with Gasteiger partial charge >= 0.3 is 0 Å². The third-order valence-corrected chi connectivity index (χ3v) is 3.45. The summed E-state index contributed by atoms with van der Waals surface area (Å²) in [5.74, 6) is 0.629. The molecule has 4 nitrogen and oxygen atoms in total. The first-order chi connectivity index (χ1) is 7.35. The predicted octanol–water partition coefficient (Wildman–Crippen LogP) is 0.997. The highest BCUT2D eigenvalue weighted by atomic mass is 16.5. The lowest BCUT2D eigenvalue weighted by atomic mass is 10.0. The van der Waals surface area contributed by atoms with Crippen LogP contribution < -0.4 is 5.73 Å². The predicted molar refractivity (Wildman–Crippen MR) is 64.0 cm³/mol. The zero-order valence-corrected chi connectivity index (χ0v) is 10.8. The fraction of sp³-hybridized carbons (Fsp3) is 0.917. The van der Waals surface area contributed by atoms with E-state index >= 15 is 0 Å². The van der Waals surface area contributed by atoms with Crippen LogP contribution in [0.3, 0.4) is 0 Å². The van der Waals surface area contributed by atoms with Crippen molar-refractivity contribution in [1.82, 2.24) is 4.90 Å². The summed E-state index contributed by atoms with van der Waals surface area (Å²) in [5.41, 5.74) is 5.48. The Morgan fingerprint density at radius 2 is 2.25 bits per heavy atom. The minimum absolute atomic E-state index is 0.174. The molecule has 0 radical (unpaired) electrons. The van der Waals surface area contributed by atoms with Crippen LogP contribution in [0.4, 0.5) is 0 Å². The van der Waals surface area contributed by atoms with Crippen molar-refractivity contribution in [3.63, 3.8) is 0 Å². The van der Waals surface area contributed by atoms with Gasteiger partial charge in [0.25, 0.3) is 0 Å². The fourth-order valence-electron chi connectivity index (χ4n) is 1.99. The van der Waals surface area contributed by atoms with Gasteiger partial charge in [-0.25, -0.2) is 0 Å². The van der Waals surface area contributed by atoms with E-state index in [0.29, 0.717) is 12.3 Å². The summed E-state index contributed by atoms with van der Waals surface area (Å²) >= 11 is 0. The standard InChI is InChI=1S/C12H24N2O2/c1-9(13)10-5-6-14(8-10)11(15)7-12(2,3)16-4/h9-10H,5-8,13H2,1-4H3. The van der Waals surface area contributed by atoms with Crippen molar-refractivity contribution in [3.05, 3.63) is 0 Å². The van der Waals surface area contributed by atoms with Gasteiger partial charge < -0.3 is 15.4 Å². The van der Waals surface area contributed by atoms with Gasteiger partial charge in [0, 0.05) is 26.2 Å². The lowest BCUT2D eigenvalue weighted by Crippen LogP contribution is -2.37. The van der Waals surface area contributed by atoms with E-state index in [4.69, 9.17) is 10.5 Å². The Bertz CT molecular complexity index is 251. The van der Waals surface area contributed by atoms with Crippen LogP contribution in [0.5, 0.6) is 0 Å². The highest BCUT2D eigenvalue weighted by Gasteiger charge is 2.31. The Morgan fingerprint density at radius 3 is 2.69 bits per heavy atom. The molecule has 0 aromatic rings. The van der Waals surface area contributed by atoms with Gasteiger partial charge in [-0.05, 0) is 33.1 Å². The molecule has 1 aliphatic heterocycles. The summed E-state index contributed by atoms with van der Waals surface area (Å²) in [6.07, 6.45) is 1.46. The molecular formula is C12H24N2O2. The van der Waals surface area contributed by atoms with Gasteiger partial charge in [-0.15, -0.1) is 0 Å². The van der Waals surface area contributed by atoms with Crippen LogP contribution in [0, 0.1) is 5.92 Å². The van der Waals surface area contributed by atoms with E-state index in [-0.39, 0.29) is 17.6 Å². The number of nitrogens with zero attached hydrogens (tertiary/aromatic N) is 1. The van der Waals surface area contributed by atoms with Crippen molar-refractivity contribution >= 4 is 5.91 Å². The molecule has 0 aromatic heterocycles. The maximum absolute atomic E-state index is 12.0. The second-order valence-corrected chi connectivity index (χ2v) is 5.39. The van der Waals surface area contributed by atoms with Crippen molar-refractivity contribution in [2.75, 3.05) is 20.2 Å². The SMILES string of the molecule is COC(C)(C)CC(=O)N1CCC(C(C)N)C1. The normalized spacial score (nSPS) is 23.6. The summed E-state index contributed by atoms with van der Waals surface area (Å²) in [7, 11) is 1.64. The topological polar surface area (TPSA) is 55.6 Å². The Labute approximate surface area is 98.1 Å². The van der Waals surface area contributed by atoms with Gasteiger partial charge in [-0.1, -0.05) is 0 Å². The maximum atomic E-state index is 12.0. The van der Waals surface area contributed by atoms with Crippen LogP contribution in [-0.2, 0) is 9.53 Å². The first kappa shape index (κ1) is 13.5. The third-order valence-electron chi connectivity index (χ3n) is 3.45. The van der Waals surface area contributed by atoms with E-state index in [1.165, 1.54) is 0 Å². The summed E-state index contributed by atoms with van der Waals surface area (Å²) in [6, 6.07) is 0.174. The minimum Gasteiger partial charge on any atom is -0.378 e. The van der Waals surface area contributed by atoms with Gasteiger partial charge in [0.15, 0.2) is 0 Å². The molecule has 1 aliphatic rings. The molecule has 1 rings (SSSR count). The molecule has 1 saturated heterocycles. The van der Waals surface area contributed by atoms with Gasteiger partial charge in [0.05, 0.1) is 12.0 Å². The zero-order valence-electron chi connectivity index (χ0n) is 10.8. The number of hydrogen-bond donors (Lipinski definition) is 1. The van der Waals surface area contributed by atoms with Crippen molar-refractivity contribution in [1.29, 1.82) is 0 Å². The van der Waals surface area contributed by atoms with Crippen LogP contribution in [0.15, 0.2) is 0 Å². The van der Waals surface area contributed by atoms with Crippen molar-refractivity contribution < 1.29 is 9.53 Å². The number of rotatable bonds is 4. The van der Waals surface area contributed by atoms with Crippen molar-refractivity contribution in [2.24, 2.45) is 11.7 Å². The molecule has 2 atom stereocenters. The van der Waals surface area contributed by atoms with Crippen LogP contribution in [-0.4, -0.2) is 42.6 Å². The van der Waals surface area contributed by atoms with E-state index in [0.717, 1.165) is 19.5 Å². The van der Waals surface area contributed by atoms with Gasteiger partial charge in [0.2, 0.25) is 5.91 Å². The summed E-state index contributed by atoms with van der Waals surface area (Å²) in [4.78, 5) is 13.9. The second kappa shape index (κ2) is 5.15. The monoisotopic (exact) mass is 228 g/mol. The van der Waals surface area contributed by atoms with Gasteiger partial charge in [-0.2, -0.15) is 0 Å². The molecular weight excluding hydrogens is 204 g/mol. The molecule has 2 N–H and O–H groups in total. The molecule has 0 aliphatic carbocycles. The summed E-state index contributed by atoms with van der Waals surface area (Å²) in [6.45, 7) is 7.52. The summed E-state index contributed by atoms with van der Waals surface area (Å²) in [5, 5.41) is 0. The number of methoxy groups -OCH3 is 1. The molecule has 1 heterocycles. The average molecular weight is 228 g/mol. The molecule has 0 aromatic carbocycles. The number of nitrogens with two attached hydrogens (primary N) is 1. The van der Waals surface area contributed by atoms with Gasteiger partial charge in [0.1, 0.15) is 0 Å². The first-order valence-corrected chi connectivity index (χ1v) is 5.94. The maximum Gasteiger partial charge on any atom is 0.225 e. The lowest BCUT2D eigenvalue weighted by molar-refractivity contribution is -0.135. The van der Waals surface area contributed by atoms with Crippen LogP contribution in [0.2, 0.25) is 0 Å². The summed E-state index contributed by atoms with van der Waals surface area (Å²) < 4.78 is 5.27. The highest BCUT2D eigenvalue weighted by Crippen LogP contribution is 2.22. The first-order valence-electron chi connectivity index (χ1n) is 5.94. The zero-order chi connectivity index (χ0) is 12.3. The number of amides is 1. The van der Waals surface area contributed by atoms with E-state index < -0.39 is 0 Å². The molecule has 4 heteroatoms. The molecule has 0 saturated carbocycles. The quantitative estimate of drug-likeness (QED) is 0.781. The van der Waals surface area contributed by atoms with E-state index in [9.17, 15) is 4.79 Å². The van der Waals surface area contributed by atoms with Crippen LogP contribution >= 0.6 is 0 Å². The van der Waals surface area contributed by atoms with Crippen molar-refractivity contribution in [2.45, 2.75) is 45.3 Å². The third kappa shape index (κ3) is 3.46. The molecule has 1 amide bonds. The Hall–Kier alpha value is -0.610. The molecule has 0 spiro atoms. The Kier molecular flexibility index (Phi) is 4.33. The molecule has 1 fully saturated rings. The van der Waals surface area contributed by atoms with E-state index in [1.54, 1.807) is 7.11 Å². The number of ether oxygens (including phenoxy) is 1. The molecule has 16 heavy (non-hydrogen) atoms. The van der Waals surface area contributed by atoms with Gasteiger partial charge in [-0.3, -0.25) is 4.79 Å². The largest absolute Gasteiger partial charge is 0.378 e. The van der Waals surface area contributed by atoms with Crippen LogP contribution in [0.1, 0.15) is 33.6 Å². The Balaban J connectivity index is 2.45. The number of carbonyl (C=O) groups excluding carboxylic acids is 1. The van der Waals surface area contributed by atoms with Crippen molar-refractivity contribution in [3.8, 4) is 0 Å². The van der Waals surface area contributed by atoms with E-state index in [2.05, 4.69) is 0 Å². The minimum atomic E-state index is -0.372. The number of likely N-dealkylation sites (tertiary alicyclic amines) is 1. The average Bonchev–Trinajstić information content (AvgIpc) is 2.66. The fourth-order valence-corrected chi connectivity index (χ4v) is 1.99. The lowest BCUT2D eigenvalue weighted by Gasteiger charge is -2.26. The highest BCUT2D eigenvalue weighted by molar-refractivity contribution is 5.77. The second-order valence-electron chi connectivity index (χ2n) is 5.39. The molecule has 94 valence electrons. The number of carbonyl (C=O) groups is 1. The number of hydrogen-bond acceptors (Lipinski definition) is 3. The Morgan fingerprint density at radius 1 is 1.62 bits per heavy atom. The molecule has 0 bridgehead atoms. The smallest absolute Gasteiger partial charge is 0.225 e. The molecule has 2 unspecified atom stereocenters.